The molecule has 1 aliphatic carbocycles. The molecule has 6 rings (SSSR count). The fourth-order valence-corrected chi connectivity index (χ4v) is 6.51. The Morgan fingerprint density at radius 3 is 2.81 bits per heavy atom. The molecular formula is C35H38N2O5. The van der Waals surface area contributed by atoms with Crippen LogP contribution in [0, 0.1) is 5.92 Å². The van der Waals surface area contributed by atoms with Crippen molar-refractivity contribution in [1.82, 2.24) is 10.3 Å². The third-order valence-corrected chi connectivity index (χ3v) is 8.54. The van der Waals surface area contributed by atoms with Gasteiger partial charge in [-0.2, -0.15) is 0 Å². The van der Waals surface area contributed by atoms with E-state index < -0.39 is 6.29 Å². The summed E-state index contributed by atoms with van der Waals surface area (Å²) in [5.41, 5.74) is 8.46. The fourth-order valence-electron chi connectivity index (χ4n) is 6.51. The van der Waals surface area contributed by atoms with Crippen LogP contribution in [0.4, 0.5) is 0 Å². The van der Waals surface area contributed by atoms with Gasteiger partial charge in [-0.3, -0.25) is 4.79 Å². The van der Waals surface area contributed by atoms with Crippen LogP contribution in [-0.2, 0) is 27.1 Å². The minimum absolute atomic E-state index is 0.0370. The van der Waals surface area contributed by atoms with Crippen molar-refractivity contribution in [2.75, 3.05) is 26.9 Å². The van der Waals surface area contributed by atoms with Crippen molar-refractivity contribution < 1.29 is 24.1 Å². The van der Waals surface area contributed by atoms with Crippen LogP contribution < -0.4 is 10.1 Å². The first-order chi connectivity index (χ1) is 20.6. The van der Waals surface area contributed by atoms with Gasteiger partial charge in [-0.25, -0.2) is 0 Å². The van der Waals surface area contributed by atoms with Gasteiger partial charge in [-0.05, 0) is 90.3 Å². The number of allylic oxidation sites excluding steroid dienone is 1. The molecule has 1 amide bonds. The van der Waals surface area contributed by atoms with Gasteiger partial charge in [0.25, 0.3) is 5.91 Å². The van der Waals surface area contributed by atoms with E-state index in [0.717, 1.165) is 35.1 Å². The third-order valence-electron chi connectivity index (χ3n) is 8.54. The van der Waals surface area contributed by atoms with Crippen LogP contribution in [0.15, 0.2) is 78.7 Å². The van der Waals surface area contributed by atoms with E-state index in [1.165, 1.54) is 27.8 Å². The summed E-state index contributed by atoms with van der Waals surface area (Å²) in [4.78, 5) is 16.8. The Balaban J connectivity index is 1.27. The summed E-state index contributed by atoms with van der Waals surface area (Å²) in [5.74, 6) is 0.705. The summed E-state index contributed by atoms with van der Waals surface area (Å²) in [6.07, 6.45) is 6.24. The van der Waals surface area contributed by atoms with Gasteiger partial charge in [-0.15, -0.1) is 0 Å². The van der Waals surface area contributed by atoms with Gasteiger partial charge in [0.1, 0.15) is 5.75 Å². The maximum Gasteiger partial charge on any atom is 0.286 e. The summed E-state index contributed by atoms with van der Waals surface area (Å²) in [7, 11) is 1.66. The molecule has 0 radical (unpaired) electrons. The average molecular weight is 567 g/mol. The Hall–Kier alpha value is -4.07. The van der Waals surface area contributed by atoms with Crippen molar-refractivity contribution in [3.8, 4) is 16.9 Å². The van der Waals surface area contributed by atoms with E-state index in [2.05, 4.69) is 52.8 Å². The average Bonchev–Trinajstić information content (AvgIpc) is 3.61. The summed E-state index contributed by atoms with van der Waals surface area (Å²) in [6.45, 7) is 2.95. The molecule has 7 nitrogen and oxygen atoms in total. The number of ether oxygens (including phenoxy) is 3. The first-order valence-electron chi connectivity index (χ1n) is 14.8. The van der Waals surface area contributed by atoms with Gasteiger partial charge in [0.2, 0.25) is 6.29 Å². The van der Waals surface area contributed by atoms with Gasteiger partial charge in [0.15, 0.2) is 5.76 Å². The van der Waals surface area contributed by atoms with Gasteiger partial charge in [-0.1, -0.05) is 42.5 Å². The Morgan fingerprint density at radius 1 is 1.12 bits per heavy atom. The molecule has 7 heteroatoms. The molecular weight excluding hydrogens is 528 g/mol. The highest BCUT2D eigenvalue weighted by Gasteiger charge is 2.39. The zero-order valence-electron chi connectivity index (χ0n) is 24.2. The first kappa shape index (κ1) is 28.1. The largest absolute Gasteiger partial charge is 0.497 e. The van der Waals surface area contributed by atoms with Gasteiger partial charge in [0.05, 0.1) is 7.11 Å². The molecule has 1 aliphatic heterocycles. The van der Waals surface area contributed by atoms with Crippen molar-refractivity contribution in [3.63, 3.8) is 0 Å². The SMILES string of the molecule is CCO[C@H]1OC(C(=O)NCCc2c[nH]c3ccc(OC)cc23)=C[C@@H](c2cccc3c2Cc2ccccc2-3)[C@H]1CCCO. The molecule has 0 fully saturated rings. The number of amides is 1. The Kier molecular flexibility index (Phi) is 8.31. The van der Waals surface area contributed by atoms with Crippen LogP contribution >= 0.6 is 0 Å². The van der Waals surface area contributed by atoms with Crippen molar-refractivity contribution in [1.29, 1.82) is 0 Å². The molecule has 1 aromatic heterocycles. The van der Waals surface area contributed by atoms with E-state index in [-0.39, 0.29) is 30.1 Å². The Morgan fingerprint density at radius 2 is 1.98 bits per heavy atom. The highest BCUT2D eigenvalue weighted by atomic mass is 16.7. The second-order valence-corrected chi connectivity index (χ2v) is 11.0. The number of H-pyrrole nitrogens is 1. The summed E-state index contributed by atoms with van der Waals surface area (Å²) in [6, 6.07) is 20.9. The van der Waals surface area contributed by atoms with E-state index in [1.54, 1.807) is 7.11 Å². The predicted molar refractivity (Wildman–Crippen MR) is 163 cm³/mol. The maximum atomic E-state index is 13.5. The third kappa shape index (κ3) is 5.42. The number of aliphatic hydroxyl groups excluding tert-OH is 1. The molecule has 3 aromatic carbocycles. The zero-order chi connectivity index (χ0) is 29.1. The van der Waals surface area contributed by atoms with E-state index in [9.17, 15) is 9.90 Å². The number of carbonyl (C=O) groups is 1. The van der Waals surface area contributed by atoms with Gasteiger partial charge in [0, 0.05) is 48.7 Å². The van der Waals surface area contributed by atoms with Gasteiger partial charge < -0.3 is 29.6 Å². The summed E-state index contributed by atoms with van der Waals surface area (Å²) < 4.78 is 17.7. The number of benzene rings is 3. The molecule has 0 saturated heterocycles. The van der Waals surface area contributed by atoms with Crippen LogP contribution in [0.5, 0.6) is 5.75 Å². The lowest BCUT2D eigenvalue weighted by molar-refractivity contribution is -0.166. The summed E-state index contributed by atoms with van der Waals surface area (Å²) in [5, 5.41) is 13.8. The highest BCUT2D eigenvalue weighted by molar-refractivity contribution is 5.92. The maximum absolute atomic E-state index is 13.5. The number of hydrogen-bond donors (Lipinski definition) is 3. The number of rotatable bonds is 11. The monoisotopic (exact) mass is 566 g/mol. The van der Waals surface area contributed by atoms with E-state index in [4.69, 9.17) is 14.2 Å². The van der Waals surface area contributed by atoms with E-state index in [1.807, 2.05) is 37.4 Å². The number of fused-ring (bicyclic) bond motifs is 4. The Labute approximate surface area is 246 Å². The number of nitrogens with one attached hydrogen (secondary N) is 2. The molecule has 42 heavy (non-hydrogen) atoms. The second-order valence-electron chi connectivity index (χ2n) is 11.0. The molecule has 4 aromatic rings. The number of hydrogen-bond acceptors (Lipinski definition) is 5. The molecule has 0 bridgehead atoms. The molecule has 2 heterocycles. The van der Waals surface area contributed by atoms with Crippen LogP contribution in [0.25, 0.3) is 22.0 Å². The fraction of sp³-hybridized carbons (Fsp3) is 0.343. The lowest BCUT2D eigenvalue weighted by atomic mass is 9.78. The smallest absolute Gasteiger partial charge is 0.286 e. The first-order valence-corrected chi connectivity index (χ1v) is 14.8. The molecule has 0 spiro atoms. The minimum atomic E-state index is -0.585. The zero-order valence-corrected chi connectivity index (χ0v) is 24.2. The molecule has 0 saturated carbocycles. The topological polar surface area (TPSA) is 92.8 Å². The normalized spacial score (nSPS) is 19.1. The van der Waals surface area contributed by atoms with Crippen molar-refractivity contribution in [3.05, 3.63) is 101 Å². The molecule has 3 N–H and O–H groups in total. The van der Waals surface area contributed by atoms with E-state index in [0.29, 0.717) is 26.0 Å². The lowest BCUT2D eigenvalue weighted by Crippen LogP contribution is -2.39. The number of methoxy groups -OCH3 is 1. The molecule has 218 valence electrons. The number of carbonyl (C=O) groups excluding carboxylic acids is 1. The molecule has 2 aliphatic rings. The van der Waals surface area contributed by atoms with E-state index >= 15 is 0 Å². The van der Waals surface area contributed by atoms with Crippen LogP contribution in [0.3, 0.4) is 0 Å². The highest BCUT2D eigenvalue weighted by Crippen LogP contribution is 2.46. The van der Waals surface area contributed by atoms with Crippen molar-refractivity contribution in [2.24, 2.45) is 5.92 Å². The number of aromatic nitrogens is 1. The number of aromatic amines is 1. The quantitative estimate of drug-likeness (QED) is 0.186. The van der Waals surface area contributed by atoms with Crippen molar-refractivity contribution >= 4 is 16.8 Å². The minimum Gasteiger partial charge on any atom is -0.497 e. The summed E-state index contributed by atoms with van der Waals surface area (Å²) >= 11 is 0. The second kappa shape index (κ2) is 12.4. The lowest BCUT2D eigenvalue weighted by Gasteiger charge is -2.37. The molecule has 0 unspecified atom stereocenters. The predicted octanol–water partition coefficient (Wildman–Crippen LogP) is 5.86. The van der Waals surface area contributed by atoms with Crippen LogP contribution in [0.2, 0.25) is 0 Å². The number of aliphatic hydroxyl groups is 1. The standard InChI is InChI=1S/C35H38N2O5/c1-3-41-35-28(12-7-17-38)31(27-11-6-10-26-25-9-5-4-8-22(25)18-30(26)27)20-33(42-35)34(39)36-16-15-23-21-37-32-14-13-24(40-2)19-29(23)32/h4-6,8-11,13-14,19-21,28,31,35,37-38H,3,7,12,15-18H2,1-2H3,(H,36,39)/t28-,31+,35+/m1/s1. The van der Waals surface area contributed by atoms with Crippen LogP contribution in [0.1, 0.15) is 47.9 Å². The van der Waals surface area contributed by atoms with Crippen molar-refractivity contribution in [2.45, 2.75) is 44.8 Å². The Bertz CT molecular complexity index is 1610. The molecule has 3 atom stereocenters. The van der Waals surface area contributed by atoms with Gasteiger partial charge >= 0.3 is 0 Å². The van der Waals surface area contributed by atoms with Crippen LogP contribution in [-0.4, -0.2) is 49.2 Å².